The maximum atomic E-state index is 12.7. The fourth-order valence-electron chi connectivity index (χ4n) is 1.50. The number of hydrogen-bond donors (Lipinski definition) is 1. The van der Waals surface area contributed by atoms with Crippen LogP contribution in [0.4, 0.5) is 13.2 Å². The van der Waals surface area contributed by atoms with E-state index in [1.807, 2.05) is 0 Å². The zero-order valence-corrected chi connectivity index (χ0v) is 8.85. The smallest absolute Gasteiger partial charge is 0.418 e. The molecule has 1 heterocycles. The van der Waals surface area contributed by atoms with Gasteiger partial charge in [0.05, 0.1) is 11.3 Å². The average molecular weight is 256 g/mol. The largest absolute Gasteiger partial charge is 0.476 e. The van der Waals surface area contributed by atoms with Gasteiger partial charge in [-0.25, -0.2) is 9.78 Å². The summed E-state index contributed by atoms with van der Waals surface area (Å²) in [5.74, 6) is -1.29. The van der Waals surface area contributed by atoms with Crippen LogP contribution < -0.4 is 0 Å². The van der Waals surface area contributed by atoms with Crippen molar-refractivity contribution in [3.8, 4) is 5.69 Å². The third-order valence-electron chi connectivity index (χ3n) is 2.29. The van der Waals surface area contributed by atoms with E-state index in [0.717, 1.165) is 23.2 Å². The zero-order chi connectivity index (χ0) is 13.3. The fraction of sp³-hybridized carbons (Fsp3) is 0.0909. The van der Waals surface area contributed by atoms with E-state index in [1.165, 1.54) is 18.2 Å². The molecule has 1 aromatic heterocycles. The topological polar surface area (TPSA) is 55.1 Å². The highest BCUT2D eigenvalue weighted by atomic mass is 19.4. The molecule has 18 heavy (non-hydrogen) atoms. The summed E-state index contributed by atoms with van der Waals surface area (Å²) in [6.07, 6.45) is -2.44. The molecule has 0 aliphatic carbocycles. The molecule has 2 aromatic rings. The number of carbonyl (C=O) groups is 1. The molecule has 0 aliphatic heterocycles. The molecule has 2 rings (SSSR count). The lowest BCUT2D eigenvalue weighted by Gasteiger charge is -2.12. The number of carboxylic acid groups (broad SMARTS) is 1. The molecule has 0 aliphatic rings. The normalized spacial score (nSPS) is 11.5. The molecule has 0 bridgehead atoms. The molecule has 0 spiro atoms. The van der Waals surface area contributed by atoms with Gasteiger partial charge in [0.25, 0.3) is 0 Å². The molecule has 7 heteroatoms. The number of imidazole rings is 1. The SMILES string of the molecule is O=C(O)c1cn(-c2ccccc2C(F)(F)F)cn1. The van der Waals surface area contributed by atoms with Crippen molar-refractivity contribution in [1.29, 1.82) is 0 Å². The zero-order valence-electron chi connectivity index (χ0n) is 8.85. The van der Waals surface area contributed by atoms with E-state index in [0.29, 0.717) is 0 Å². The van der Waals surface area contributed by atoms with E-state index < -0.39 is 17.7 Å². The Labute approximate surface area is 99.3 Å². The van der Waals surface area contributed by atoms with E-state index in [1.54, 1.807) is 0 Å². The van der Waals surface area contributed by atoms with E-state index in [4.69, 9.17) is 5.11 Å². The maximum Gasteiger partial charge on any atom is 0.418 e. The Bertz CT molecular complexity index is 590. The summed E-state index contributed by atoms with van der Waals surface area (Å²) < 4.78 is 39.3. The van der Waals surface area contributed by atoms with Crippen molar-refractivity contribution in [1.82, 2.24) is 9.55 Å². The van der Waals surface area contributed by atoms with E-state index in [2.05, 4.69) is 4.98 Å². The van der Waals surface area contributed by atoms with Gasteiger partial charge in [-0.1, -0.05) is 12.1 Å². The van der Waals surface area contributed by atoms with Crippen LogP contribution in [0.15, 0.2) is 36.8 Å². The van der Waals surface area contributed by atoms with Crippen LogP contribution in [0.1, 0.15) is 16.1 Å². The Morgan fingerprint density at radius 1 is 1.28 bits per heavy atom. The number of hydrogen-bond acceptors (Lipinski definition) is 2. The quantitative estimate of drug-likeness (QED) is 0.898. The number of nitrogens with zero attached hydrogens (tertiary/aromatic N) is 2. The first kappa shape index (κ1) is 12.2. The Morgan fingerprint density at radius 2 is 1.94 bits per heavy atom. The lowest BCUT2D eigenvalue weighted by atomic mass is 10.1. The summed E-state index contributed by atoms with van der Waals surface area (Å²) in [5.41, 5.74) is -1.32. The lowest BCUT2D eigenvalue weighted by molar-refractivity contribution is -0.137. The third kappa shape index (κ3) is 2.20. The van der Waals surface area contributed by atoms with E-state index in [-0.39, 0.29) is 11.4 Å². The van der Waals surface area contributed by atoms with Gasteiger partial charge in [0.15, 0.2) is 5.69 Å². The number of para-hydroxylation sites is 1. The molecular formula is C11H7F3N2O2. The van der Waals surface area contributed by atoms with Crippen molar-refractivity contribution < 1.29 is 23.1 Å². The van der Waals surface area contributed by atoms with Gasteiger partial charge in [0.2, 0.25) is 0 Å². The second kappa shape index (κ2) is 4.17. The number of alkyl halides is 3. The Kier molecular flexibility index (Phi) is 2.82. The van der Waals surface area contributed by atoms with Crippen molar-refractivity contribution in [3.63, 3.8) is 0 Å². The van der Waals surface area contributed by atoms with Crippen LogP contribution in [-0.4, -0.2) is 20.6 Å². The number of rotatable bonds is 2. The summed E-state index contributed by atoms with van der Waals surface area (Å²) >= 11 is 0. The highest BCUT2D eigenvalue weighted by molar-refractivity contribution is 5.85. The van der Waals surface area contributed by atoms with Gasteiger partial charge < -0.3 is 9.67 Å². The molecule has 94 valence electrons. The van der Waals surface area contributed by atoms with Crippen molar-refractivity contribution in [2.45, 2.75) is 6.18 Å². The molecule has 0 unspecified atom stereocenters. The van der Waals surface area contributed by atoms with Gasteiger partial charge >= 0.3 is 12.1 Å². The summed E-state index contributed by atoms with van der Waals surface area (Å²) in [5, 5.41) is 8.68. The van der Waals surface area contributed by atoms with Gasteiger partial charge in [-0.3, -0.25) is 0 Å². The van der Waals surface area contributed by atoms with E-state index >= 15 is 0 Å². The monoisotopic (exact) mass is 256 g/mol. The van der Waals surface area contributed by atoms with E-state index in [9.17, 15) is 18.0 Å². The Balaban J connectivity index is 2.53. The molecule has 0 saturated carbocycles. The number of carboxylic acids is 1. The number of aromatic carboxylic acids is 1. The summed E-state index contributed by atoms with van der Waals surface area (Å²) in [4.78, 5) is 14.1. The molecule has 0 radical (unpaired) electrons. The second-order valence-electron chi connectivity index (χ2n) is 3.49. The molecule has 1 aromatic carbocycles. The standard InChI is InChI=1S/C11H7F3N2O2/c12-11(13,14)7-3-1-2-4-9(7)16-5-8(10(17)18)15-6-16/h1-6H,(H,17,18). The van der Waals surface area contributed by atoms with Gasteiger partial charge in [-0.05, 0) is 12.1 Å². The summed E-state index contributed by atoms with van der Waals surface area (Å²) in [6.45, 7) is 0. The lowest BCUT2D eigenvalue weighted by Crippen LogP contribution is -2.09. The third-order valence-corrected chi connectivity index (χ3v) is 2.29. The first-order valence-corrected chi connectivity index (χ1v) is 4.83. The number of benzene rings is 1. The minimum Gasteiger partial charge on any atom is -0.476 e. The molecule has 1 N–H and O–H groups in total. The molecule has 0 atom stereocenters. The van der Waals surface area contributed by atoms with Crippen molar-refractivity contribution in [3.05, 3.63) is 48.0 Å². The maximum absolute atomic E-state index is 12.7. The van der Waals surface area contributed by atoms with Crippen LogP contribution in [0.25, 0.3) is 5.69 Å². The summed E-state index contributed by atoms with van der Waals surface area (Å²) in [6, 6.07) is 4.87. The number of halogens is 3. The Morgan fingerprint density at radius 3 is 2.50 bits per heavy atom. The molecular weight excluding hydrogens is 249 g/mol. The van der Waals surface area contributed by atoms with Crippen molar-refractivity contribution >= 4 is 5.97 Å². The number of aromatic nitrogens is 2. The van der Waals surface area contributed by atoms with Crippen molar-refractivity contribution in [2.75, 3.05) is 0 Å². The molecule has 4 nitrogen and oxygen atoms in total. The van der Waals surface area contributed by atoms with Crippen LogP contribution >= 0.6 is 0 Å². The van der Waals surface area contributed by atoms with Crippen LogP contribution in [0, 0.1) is 0 Å². The average Bonchev–Trinajstić information content (AvgIpc) is 2.77. The van der Waals surface area contributed by atoms with Crippen LogP contribution in [0.3, 0.4) is 0 Å². The van der Waals surface area contributed by atoms with Gasteiger partial charge in [0.1, 0.15) is 6.33 Å². The highest BCUT2D eigenvalue weighted by Crippen LogP contribution is 2.33. The van der Waals surface area contributed by atoms with Crippen LogP contribution in [-0.2, 0) is 6.18 Å². The highest BCUT2D eigenvalue weighted by Gasteiger charge is 2.33. The van der Waals surface area contributed by atoms with Gasteiger partial charge in [-0.2, -0.15) is 13.2 Å². The molecule has 0 fully saturated rings. The van der Waals surface area contributed by atoms with Crippen LogP contribution in [0.2, 0.25) is 0 Å². The summed E-state index contributed by atoms with van der Waals surface area (Å²) in [7, 11) is 0. The first-order valence-electron chi connectivity index (χ1n) is 4.83. The predicted molar refractivity (Wildman–Crippen MR) is 55.5 cm³/mol. The van der Waals surface area contributed by atoms with Crippen molar-refractivity contribution in [2.24, 2.45) is 0 Å². The minimum atomic E-state index is -4.51. The fourth-order valence-corrected chi connectivity index (χ4v) is 1.50. The second-order valence-corrected chi connectivity index (χ2v) is 3.49. The predicted octanol–water partition coefficient (Wildman–Crippen LogP) is 2.59. The van der Waals surface area contributed by atoms with Gasteiger partial charge in [-0.15, -0.1) is 0 Å². The first-order chi connectivity index (χ1) is 8.39. The van der Waals surface area contributed by atoms with Crippen LogP contribution in [0.5, 0.6) is 0 Å². The van der Waals surface area contributed by atoms with Gasteiger partial charge in [0, 0.05) is 6.20 Å². The molecule has 0 saturated heterocycles. The minimum absolute atomic E-state index is 0.162. The Hall–Kier alpha value is -2.31. The molecule has 0 amide bonds.